The number of pyridine rings is 1. The van der Waals surface area contributed by atoms with Crippen LogP contribution >= 0.6 is 11.3 Å². The van der Waals surface area contributed by atoms with Crippen LogP contribution in [-0.2, 0) is 12.8 Å². The van der Waals surface area contributed by atoms with E-state index in [-0.39, 0.29) is 0 Å². The minimum Gasteiger partial charge on any atom is -0.386 e. The third-order valence-electron chi connectivity index (χ3n) is 4.24. The Balaban J connectivity index is 1.95. The summed E-state index contributed by atoms with van der Waals surface area (Å²) in [7, 11) is 4.19. The predicted molar refractivity (Wildman–Crippen MR) is 102 cm³/mol. The number of hydrogen-bond donors (Lipinski definition) is 1. The number of benzene rings is 1. The highest BCUT2D eigenvalue weighted by Gasteiger charge is 2.17. The molecule has 3 aromatic rings. The van der Waals surface area contributed by atoms with Crippen molar-refractivity contribution in [3.63, 3.8) is 0 Å². The Morgan fingerprint density at radius 3 is 2.75 bits per heavy atom. The van der Waals surface area contributed by atoms with Gasteiger partial charge in [-0.2, -0.15) is 0 Å². The molecule has 0 saturated carbocycles. The van der Waals surface area contributed by atoms with Crippen molar-refractivity contribution < 1.29 is 5.11 Å². The summed E-state index contributed by atoms with van der Waals surface area (Å²) in [6, 6.07) is 12.3. The summed E-state index contributed by atoms with van der Waals surface area (Å²) in [5.74, 6) is 0. The van der Waals surface area contributed by atoms with E-state index in [1.165, 1.54) is 26.1 Å². The first-order chi connectivity index (χ1) is 11.5. The van der Waals surface area contributed by atoms with Gasteiger partial charge in [-0.1, -0.05) is 18.2 Å². The van der Waals surface area contributed by atoms with Crippen molar-refractivity contribution in [2.45, 2.75) is 25.9 Å². The maximum Gasteiger partial charge on any atom is 0.100 e. The summed E-state index contributed by atoms with van der Waals surface area (Å²) >= 11 is 1.86. The van der Waals surface area contributed by atoms with E-state index in [1.807, 2.05) is 29.5 Å². The number of aliphatic hydroxyl groups is 1. The number of fused-ring (bicyclic) bond motifs is 1. The van der Waals surface area contributed by atoms with Gasteiger partial charge >= 0.3 is 0 Å². The lowest BCUT2D eigenvalue weighted by Gasteiger charge is -2.13. The summed E-state index contributed by atoms with van der Waals surface area (Å²) in [5.41, 5.74) is 3.29. The van der Waals surface area contributed by atoms with Gasteiger partial charge in [-0.3, -0.25) is 4.98 Å². The SMILES string of the molecule is Cc1ccc2c(CC(O)c3ccccn3)c(CCN(C)C)sc2c1. The summed E-state index contributed by atoms with van der Waals surface area (Å²) in [6.07, 6.45) is 2.79. The molecule has 0 spiro atoms. The van der Waals surface area contributed by atoms with Crippen LogP contribution in [0.5, 0.6) is 0 Å². The Morgan fingerprint density at radius 2 is 2.04 bits per heavy atom. The normalized spacial score (nSPS) is 12.9. The fourth-order valence-electron chi connectivity index (χ4n) is 2.93. The van der Waals surface area contributed by atoms with E-state index in [0.717, 1.165) is 18.7 Å². The zero-order chi connectivity index (χ0) is 17.1. The molecule has 24 heavy (non-hydrogen) atoms. The van der Waals surface area contributed by atoms with E-state index in [2.05, 4.69) is 49.1 Å². The number of rotatable bonds is 6. The molecule has 0 aliphatic carbocycles. The molecule has 0 amide bonds. The lowest BCUT2D eigenvalue weighted by atomic mass is 10.00. The second-order valence-electron chi connectivity index (χ2n) is 6.53. The second-order valence-corrected chi connectivity index (χ2v) is 7.67. The predicted octanol–water partition coefficient (Wildman–Crippen LogP) is 3.98. The van der Waals surface area contributed by atoms with Crippen molar-refractivity contribution in [2.75, 3.05) is 20.6 Å². The molecule has 0 aliphatic heterocycles. The van der Waals surface area contributed by atoms with Gasteiger partial charge in [0.1, 0.15) is 6.10 Å². The van der Waals surface area contributed by atoms with E-state index in [0.29, 0.717) is 6.42 Å². The van der Waals surface area contributed by atoms with Gasteiger partial charge < -0.3 is 10.0 Å². The Hall–Kier alpha value is -1.75. The largest absolute Gasteiger partial charge is 0.386 e. The van der Waals surface area contributed by atoms with Crippen molar-refractivity contribution >= 4 is 21.4 Å². The molecule has 0 aliphatic rings. The zero-order valence-electron chi connectivity index (χ0n) is 14.5. The summed E-state index contributed by atoms with van der Waals surface area (Å²) in [5, 5.41) is 11.9. The molecule has 0 bridgehead atoms. The molecule has 0 saturated heterocycles. The molecule has 2 heterocycles. The summed E-state index contributed by atoms with van der Waals surface area (Å²) in [6.45, 7) is 3.14. The number of likely N-dealkylation sites (N-methyl/N-ethyl adjacent to an activating group) is 1. The minimum atomic E-state index is -0.566. The molecule has 1 N–H and O–H groups in total. The average Bonchev–Trinajstić information content (AvgIpc) is 2.90. The Bertz CT molecular complexity index is 811. The van der Waals surface area contributed by atoms with Crippen LogP contribution in [0, 0.1) is 6.92 Å². The molecule has 2 aromatic heterocycles. The number of aryl methyl sites for hydroxylation is 1. The number of aromatic nitrogens is 1. The van der Waals surface area contributed by atoms with E-state index in [4.69, 9.17) is 0 Å². The fraction of sp³-hybridized carbons (Fsp3) is 0.350. The van der Waals surface area contributed by atoms with Crippen molar-refractivity contribution in [3.8, 4) is 0 Å². The minimum absolute atomic E-state index is 0.566. The first kappa shape index (κ1) is 17.1. The number of hydrogen-bond acceptors (Lipinski definition) is 4. The Kier molecular flexibility index (Phi) is 5.29. The average molecular weight is 340 g/mol. The van der Waals surface area contributed by atoms with Gasteiger partial charge in [-0.25, -0.2) is 0 Å². The standard InChI is InChI=1S/C20H24N2OS/c1-14-7-8-15-16(13-18(23)17-6-4-5-10-21-17)19(9-11-22(2)3)24-20(15)12-14/h4-8,10,12,18,23H,9,11,13H2,1-3H3. The van der Waals surface area contributed by atoms with Gasteiger partial charge in [-0.05, 0) is 62.2 Å². The fourth-order valence-corrected chi connectivity index (χ4v) is 4.25. The van der Waals surface area contributed by atoms with Crippen LogP contribution in [0.4, 0.5) is 0 Å². The lowest BCUT2D eigenvalue weighted by molar-refractivity contribution is 0.174. The van der Waals surface area contributed by atoms with Crippen LogP contribution < -0.4 is 0 Å². The third-order valence-corrected chi connectivity index (χ3v) is 5.50. The van der Waals surface area contributed by atoms with E-state index in [1.54, 1.807) is 6.20 Å². The van der Waals surface area contributed by atoms with Crippen molar-refractivity contribution in [1.29, 1.82) is 0 Å². The van der Waals surface area contributed by atoms with Crippen LogP contribution in [0.15, 0.2) is 42.6 Å². The van der Waals surface area contributed by atoms with Gasteiger partial charge in [0.25, 0.3) is 0 Å². The molecule has 3 rings (SSSR count). The quantitative estimate of drug-likeness (QED) is 0.737. The first-order valence-corrected chi connectivity index (χ1v) is 9.11. The highest BCUT2D eigenvalue weighted by molar-refractivity contribution is 7.19. The van der Waals surface area contributed by atoms with Gasteiger partial charge in [0.05, 0.1) is 5.69 Å². The molecular formula is C20H24N2OS. The number of nitrogens with zero attached hydrogens (tertiary/aromatic N) is 2. The molecule has 1 atom stereocenters. The van der Waals surface area contributed by atoms with Crippen LogP contribution in [0.2, 0.25) is 0 Å². The van der Waals surface area contributed by atoms with Crippen molar-refractivity contribution in [3.05, 3.63) is 64.3 Å². The van der Waals surface area contributed by atoms with Crippen LogP contribution in [0.3, 0.4) is 0 Å². The third kappa shape index (κ3) is 3.83. The summed E-state index contributed by atoms with van der Waals surface area (Å²) < 4.78 is 1.31. The van der Waals surface area contributed by atoms with Crippen LogP contribution in [0.25, 0.3) is 10.1 Å². The monoisotopic (exact) mass is 340 g/mol. The maximum atomic E-state index is 10.6. The Labute approximate surface area is 147 Å². The molecular weight excluding hydrogens is 316 g/mol. The topological polar surface area (TPSA) is 36.4 Å². The molecule has 0 fully saturated rings. The van der Waals surface area contributed by atoms with Gasteiger partial charge in [0.2, 0.25) is 0 Å². The van der Waals surface area contributed by atoms with Crippen molar-refractivity contribution in [1.82, 2.24) is 9.88 Å². The van der Waals surface area contributed by atoms with Crippen LogP contribution in [0.1, 0.15) is 27.8 Å². The molecule has 1 aromatic carbocycles. The highest BCUT2D eigenvalue weighted by atomic mass is 32.1. The number of thiophene rings is 1. The molecule has 3 nitrogen and oxygen atoms in total. The zero-order valence-corrected chi connectivity index (χ0v) is 15.3. The molecule has 1 unspecified atom stereocenters. The van der Waals surface area contributed by atoms with Crippen LogP contribution in [-0.4, -0.2) is 35.6 Å². The Morgan fingerprint density at radius 1 is 1.21 bits per heavy atom. The van der Waals surface area contributed by atoms with Gasteiger partial charge in [0.15, 0.2) is 0 Å². The highest BCUT2D eigenvalue weighted by Crippen LogP contribution is 2.35. The molecule has 126 valence electrons. The maximum absolute atomic E-state index is 10.6. The van der Waals surface area contributed by atoms with Gasteiger partial charge in [-0.15, -0.1) is 11.3 Å². The molecule has 0 radical (unpaired) electrons. The summed E-state index contributed by atoms with van der Waals surface area (Å²) in [4.78, 5) is 7.88. The molecule has 4 heteroatoms. The smallest absolute Gasteiger partial charge is 0.100 e. The van der Waals surface area contributed by atoms with Crippen molar-refractivity contribution in [2.24, 2.45) is 0 Å². The second kappa shape index (κ2) is 7.43. The van der Waals surface area contributed by atoms with E-state index in [9.17, 15) is 5.11 Å². The lowest BCUT2D eigenvalue weighted by Crippen LogP contribution is -2.15. The van der Waals surface area contributed by atoms with Gasteiger partial charge in [0, 0.05) is 28.7 Å². The van der Waals surface area contributed by atoms with E-state index >= 15 is 0 Å². The van der Waals surface area contributed by atoms with E-state index < -0.39 is 6.10 Å². The first-order valence-electron chi connectivity index (χ1n) is 8.29. The number of aliphatic hydroxyl groups excluding tert-OH is 1.